The lowest BCUT2D eigenvalue weighted by atomic mass is 9.65. The first-order valence-corrected chi connectivity index (χ1v) is 10.6. The minimum atomic E-state index is -4.77. The van der Waals surface area contributed by atoms with E-state index in [1.165, 1.54) is 12.1 Å². The Bertz CT molecular complexity index is 1040. The normalized spacial score (nSPS) is 17.4. The molecule has 34 heavy (non-hydrogen) atoms. The summed E-state index contributed by atoms with van der Waals surface area (Å²) in [6.07, 6.45) is -7.42. The number of carbonyl (C=O) groups is 2. The van der Waals surface area contributed by atoms with E-state index in [2.05, 4.69) is 5.32 Å². The third kappa shape index (κ3) is 5.53. The van der Waals surface area contributed by atoms with Crippen LogP contribution in [0.2, 0.25) is 0 Å². The van der Waals surface area contributed by atoms with Crippen molar-refractivity contribution in [1.82, 2.24) is 0 Å². The van der Waals surface area contributed by atoms with Crippen molar-refractivity contribution in [1.29, 1.82) is 0 Å². The van der Waals surface area contributed by atoms with E-state index in [1.54, 1.807) is 12.1 Å². The molecule has 1 aliphatic carbocycles. The van der Waals surface area contributed by atoms with Gasteiger partial charge in [0.2, 0.25) is 5.91 Å². The average Bonchev–Trinajstić information content (AvgIpc) is 2.70. The van der Waals surface area contributed by atoms with Crippen LogP contribution >= 0.6 is 0 Å². The van der Waals surface area contributed by atoms with Crippen molar-refractivity contribution in [2.24, 2.45) is 11.3 Å². The quantitative estimate of drug-likeness (QED) is 0.443. The first-order valence-electron chi connectivity index (χ1n) is 10.6. The molecule has 2 unspecified atom stereocenters. The Labute approximate surface area is 192 Å². The molecule has 1 amide bonds. The summed E-state index contributed by atoms with van der Waals surface area (Å²) in [7, 11) is 0. The molecule has 0 bridgehead atoms. The summed E-state index contributed by atoms with van der Waals surface area (Å²) >= 11 is 0. The van der Waals surface area contributed by atoms with Crippen LogP contribution in [-0.2, 0) is 22.2 Å². The number of anilines is 1. The summed E-state index contributed by atoms with van der Waals surface area (Å²) in [4.78, 5) is 24.6. The number of alkyl halides is 6. The first kappa shape index (κ1) is 25.6. The van der Waals surface area contributed by atoms with E-state index in [4.69, 9.17) is 0 Å². The summed E-state index contributed by atoms with van der Waals surface area (Å²) < 4.78 is 79.1. The molecular formula is C24H23F6NO3. The molecule has 1 saturated carbocycles. The van der Waals surface area contributed by atoms with Gasteiger partial charge in [-0.1, -0.05) is 37.6 Å². The molecule has 0 spiro atoms. The summed E-state index contributed by atoms with van der Waals surface area (Å²) in [6.45, 7) is 0.797. The van der Waals surface area contributed by atoms with E-state index in [9.17, 15) is 41.0 Å². The summed E-state index contributed by atoms with van der Waals surface area (Å²) in [5, 5.41) is 11.9. The van der Waals surface area contributed by atoms with Crippen molar-refractivity contribution >= 4 is 17.6 Å². The molecule has 0 aromatic heterocycles. The Hall–Kier alpha value is -3.04. The number of hydrogen-bond donors (Lipinski definition) is 2. The predicted octanol–water partition coefficient (Wildman–Crippen LogP) is 6.42. The molecule has 2 atom stereocenters. The Morgan fingerprint density at radius 3 is 2.12 bits per heavy atom. The van der Waals surface area contributed by atoms with Crippen LogP contribution in [0.4, 0.5) is 32.0 Å². The minimum absolute atomic E-state index is 0.175. The number of nitrogens with one attached hydrogen (secondary N) is 1. The molecule has 4 nitrogen and oxygen atoms in total. The van der Waals surface area contributed by atoms with Gasteiger partial charge < -0.3 is 10.4 Å². The highest BCUT2D eigenvalue weighted by molar-refractivity contribution is 5.96. The number of aliphatic carboxylic acids is 1. The van der Waals surface area contributed by atoms with E-state index < -0.39 is 47.0 Å². The fourth-order valence-corrected chi connectivity index (χ4v) is 4.18. The van der Waals surface area contributed by atoms with Crippen molar-refractivity contribution in [2.45, 2.75) is 50.9 Å². The van der Waals surface area contributed by atoms with Gasteiger partial charge in [-0.3, -0.25) is 9.59 Å². The lowest BCUT2D eigenvalue weighted by molar-refractivity contribution is -0.178. The molecular weight excluding hydrogens is 464 g/mol. The van der Waals surface area contributed by atoms with Crippen molar-refractivity contribution in [3.8, 4) is 0 Å². The van der Waals surface area contributed by atoms with E-state index >= 15 is 0 Å². The van der Waals surface area contributed by atoms with Crippen LogP contribution in [0, 0.1) is 11.3 Å². The van der Waals surface area contributed by atoms with E-state index in [0.29, 0.717) is 30.5 Å². The second-order valence-electron chi connectivity index (χ2n) is 8.73. The van der Waals surface area contributed by atoms with Gasteiger partial charge in [-0.25, -0.2) is 0 Å². The smallest absolute Gasteiger partial charge is 0.416 e. The van der Waals surface area contributed by atoms with Gasteiger partial charge in [0, 0.05) is 5.69 Å². The Morgan fingerprint density at radius 1 is 1.03 bits per heavy atom. The number of hydrogen-bond acceptors (Lipinski definition) is 2. The largest absolute Gasteiger partial charge is 0.481 e. The van der Waals surface area contributed by atoms with Crippen molar-refractivity contribution < 1.29 is 41.0 Å². The lowest BCUT2D eigenvalue weighted by Crippen LogP contribution is -2.39. The van der Waals surface area contributed by atoms with Crippen LogP contribution in [0.25, 0.3) is 0 Å². The number of benzene rings is 2. The average molecular weight is 487 g/mol. The fourth-order valence-electron chi connectivity index (χ4n) is 4.18. The summed E-state index contributed by atoms with van der Waals surface area (Å²) in [6, 6.07) is 9.22. The van der Waals surface area contributed by atoms with Crippen LogP contribution in [0.3, 0.4) is 0 Å². The molecule has 2 aromatic carbocycles. The molecule has 0 saturated heterocycles. The lowest BCUT2D eigenvalue weighted by Gasteiger charge is -2.37. The van der Waals surface area contributed by atoms with E-state index in [-0.39, 0.29) is 17.7 Å². The van der Waals surface area contributed by atoms with Gasteiger partial charge in [0.25, 0.3) is 0 Å². The van der Waals surface area contributed by atoms with E-state index in [1.807, 2.05) is 0 Å². The molecule has 2 aromatic rings. The number of amides is 1. The molecule has 2 N–H and O–H groups in total. The first-order chi connectivity index (χ1) is 15.7. The Kier molecular flexibility index (Phi) is 7.00. The van der Waals surface area contributed by atoms with Crippen LogP contribution in [-0.4, -0.2) is 23.2 Å². The van der Waals surface area contributed by atoms with Gasteiger partial charge in [0.1, 0.15) is 0 Å². The topological polar surface area (TPSA) is 66.4 Å². The summed E-state index contributed by atoms with van der Waals surface area (Å²) in [5.74, 6) is -5.91. The van der Waals surface area contributed by atoms with E-state index in [0.717, 1.165) is 25.5 Å². The van der Waals surface area contributed by atoms with Gasteiger partial charge in [0.05, 0.1) is 22.8 Å². The zero-order chi connectivity index (χ0) is 25.3. The summed E-state index contributed by atoms with van der Waals surface area (Å²) in [5.41, 5.74) is -1.35. The predicted molar refractivity (Wildman–Crippen MR) is 112 cm³/mol. The van der Waals surface area contributed by atoms with Crippen LogP contribution in [0.15, 0.2) is 48.5 Å². The number of carboxylic acids is 1. The van der Waals surface area contributed by atoms with Gasteiger partial charge in [-0.05, 0) is 54.7 Å². The fraction of sp³-hybridized carbons (Fsp3) is 0.417. The molecule has 0 aliphatic heterocycles. The maximum absolute atomic E-state index is 13.5. The van der Waals surface area contributed by atoms with Crippen molar-refractivity contribution in [2.75, 3.05) is 5.32 Å². The molecule has 3 rings (SSSR count). The third-order valence-electron chi connectivity index (χ3n) is 6.40. The second-order valence-corrected chi connectivity index (χ2v) is 8.73. The number of rotatable bonds is 7. The third-order valence-corrected chi connectivity index (χ3v) is 6.40. The number of halogens is 6. The maximum atomic E-state index is 13.5. The van der Waals surface area contributed by atoms with Gasteiger partial charge >= 0.3 is 18.3 Å². The minimum Gasteiger partial charge on any atom is -0.481 e. The van der Waals surface area contributed by atoms with Crippen LogP contribution in [0.5, 0.6) is 0 Å². The monoisotopic (exact) mass is 487 g/mol. The standard InChI is InChI=1S/C24H23F6NO3/c1-14(23(25,26)27)19(16-6-8-17(9-7-16)24(28,29)30)20(32)31-18-5-2-4-15(12-18)13-22(21(33)34)10-3-11-22/h2,4-9,12,14,19H,3,10-11,13H2,1H3,(H,31,32)(H,33,34). The van der Waals surface area contributed by atoms with Crippen molar-refractivity contribution in [3.05, 3.63) is 65.2 Å². The second kappa shape index (κ2) is 9.31. The highest BCUT2D eigenvalue weighted by Gasteiger charge is 2.46. The highest BCUT2D eigenvalue weighted by atomic mass is 19.4. The molecule has 1 aliphatic rings. The Balaban J connectivity index is 1.86. The van der Waals surface area contributed by atoms with Gasteiger partial charge in [-0.15, -0.1) is 0 Å². The zero-order valence-electron chi connectivity index (χ0n) is 18.1. The maximum Gasteiger partial charge on any atom is 0.416 e. The zero-order valence-corrected chi connectivity index (χ0v) is 18.1. The molecule has 184 valence electrons. The SMILES string of the molecule is CC(C(C(=O)Nc1cccc(CC2(C(=O)O)CCC2)c1)c1ccc(C(F)(F)F)cc1)C(F)(F)F. The highest BCUT2D eigenvalue weighted by Crippen LogP contribution is 2.44. The van der Waals surface area contributed by atoms with Gasteiger partial charge in [0.15, 0.2) is 0 Å². The molecule has 0 radical (unpaired) electrons. The Morgan fingerprint density at radius 2 is 1.65 bits per heavy atom. The molecule has 1 fully saturated rings. The van der Waals surface area contributed by atoms with Crippen molar-refractivity contribution in [3.63, 3.8) is 0 Å². The van der Waals surface area contributed by atoms with Crippen LogP contribution in [0.1, 0.15) is 48.8 Å². The number of carbonyl (C=O) groups excluding carboxylic acids is 1. The van der Waals surface area contributed by atoms with Crippen LogP contribution < -0.4 is 5.32 Å². The number of carboxylic acid groups (broad SMARTS) is 1. The molecule has 10 heteroatoms. The molecule has 0 heterocycles. The van der Waals surface area contributed by atoms with Gasteiger partial charge in [-0.2, -0.15) is 26.3 Å².